The number of nitrogens with one attached hydrogen (secondary N) is 1. The zero-order valence-electron chi connectivity index (χ0n) is 13.9. The van der Waals surface area contributed by atoms with Gasteiger partial charge in [-0.1, -0.05) is 0 Å². The SMILES string of the molecule is Cc1cnccc1CCNC(=O)c1cc(N2CCOCC2)ccn1. The summed E-state index contributed by atoms with van der Waals surface area (Å²) in [5.41, 5.74) is 3.80. The lowest BCUT2D eigenvalue weighted by Crippen LogP contribution is -2.36. The number of pyridine rings is 2. The molecule has 0 radical (unpaired) electrons. The number of aromatic nitrogens is 2. The lowest BCUT2D eigenvalue weighted by molar-refractivity contribution is 0.0949. The summed E-state index contributed by atoms with van der Waals surface area (Å²) in [4.78, 5) is 22.8. The van der Waals surface area contributed by atoms with Crippen LogP contribution in [-0.2, 0) is 11.2 Å². The number of anilines is 1. The molecule has 2 aromatic heterocycles. The van der Waals surface area contributed by atoms with E-state index in [1.165, 1.54) is 5.56 Å². The number of carbonyl (C=O) groups excluding carboxylic acids is 1. The molecule has 126 valence electrons. The summed E-state index contributed by atoms with van der Waals surface area (Å²) < 4.78 is 5.36. The number of amides is 1. The Kier molecular flexibility index (Phi) is 5.38. The molecular formula is C18H22N4O2. The van der Waals surface area contributed by atoms with Crippen molar-refractivity contribution in [2.45, 2.75) is 13.3 Å². The lowest BCUT2D eigenvalue weighted by Gasteiger charge is -2.28. The molecule has 6 heteroatoms. The van der Waals surface area contributed by atoms with E-state index in [9.17, 15) is 4.79 Å². The quantitative estimate of drug-likeness (QED) is 0.904. The van der Waals surface area contributed by atoms with Gasteiger partial charge in [-0.05, 0) is 42.7 Å². The fourth-order valence-electron chi connectivity index (χ4n) is 2.75. The summed E-state index contributed by atoms with van der Waals surface area (Å²) in [6.07, 6.45) is 6.08. The third kappa shape index (κ3) is 4.08. The van der Waals surface area contributed by atoms with Gasteiger partial charge < -0.3 is 15.0 Å². The van der Waals surface area contributed by atoms with Gasteiger partial charge in [-0.3, -0.25) is 14.8 Å². The average Bonchev–Trinajstić information content (AvgIpc) is 2.64. The Morgan fingerprint density at radius 1 is 1.29 bits per heavy atom. The van der Waals surface area contributed by atoms with Crippen LogP contribution in [-0.4, -0.2) is 48.7 Å². The molecule has 0 atom stereocenters. The maximum atomic E-state index is 12.3. The monoisotopic (exact) mass is 326 g/mol. The maximum absolute atomic E-state index is 12.3. The van der Waals surface area contributed by atoms with Crippen LogP contribution in [0.15, 0.2) is 36.8 Å². The second kappa shape index (κ2) is 7.88. The van der Waals surface area contributed by atoms with Gasteiger partial charge in [0.15, 0.2) is 0 Å². The van der Waals surface area contributed by atoms with Crippen molar-refractivity contribution in [3.05, 3.63) is 53.6 Å². The van der Waals surface area contributed by atoms with Crippen LogP contribution in [0.2, 0.25) is 0 Å². The first-order chi connectivity index (χ1) is 11.7. The number of carbonyl (C=O) groups is 1. The zero-order valence-corrected chi connectivity index (χ0v) is 13.9. The van der Waals surface area contributed by atoms with Crippen LogP contribution in [0.4, 0.5) is 5.69 Å². The Hall–Kier alpha value is -2.47. The first-order valence-corrected chi connectivity index (χ1v) is 8.20. The number of hydrogen-bond acceptors (Lipinski definition) is 5. The Balaban J connectivity index is 1.57. The largest absolute Gasteiger partial charge is 0.378 e. The highest BCUT2D eigenvalue weighted by molar-refractivity contribution is 5.93. The number of nitrogens with zero attached hydrogens (tertiary/aromatic N) is 3. The molecule has 2 aromatic rings. The molecule has 1 N–H and O–H groups in total. The Bertz CT molecular complexity index is 699. The highest BCUT2D eigenvalue weighted by Crippen LogP contribution is 2.16. The standard InChI is InChI=1S/C18H22N4O2/c1-14-13-19-5-2-15(14)3-6-21-18(23)17-12-16(4-7-20-17)22-8-10-24-11-9-22/h2,4-5,7,12-13H,3,6,8-11H2,1H3,(H,21,23). The molecule has 0 aromatic carbocycles. The highest BCUT2D eigenvalue weighted by Gasteiger charge is 2.14. The lowest BCUT2D eigenvalue weighted by atomic mass is 10.1. The van der Waals surface area contributed by atoms with Crippen LogP contribution < -0.4 is 10.2 Å². The van der Waals surface area contributed by atoms with Crippen molar-refractivity contribution >= 4 is 11.6 Å². The van der Waals surface area contributed by atoms with Crippen molar-refractivity contribution < 1.29 is 9.53 Å². The van der Waals surface area contributed by atoms with Gasteiger partial charge in [-0.25, -0.2) is 0 Å². The van der Waals surface area contributed by atoms with Crippen LogP contribution >= 0.6 is 0 Å². The summed E-state index contributed by atoms with van der Waals surface area (Å²) in [5.74, 6) is -0.142. The second-order valence-electron chi connectivity index (χ2n) is 5.81. The Labute approximate surface area is 141 Å². The van der Waals surface area contributed by atoms with Crippen molar-refractivity contribution in [1.29, 1.82) is 0 Å². The third-order valence-electron chi connectivity index (χ3n) is 4.17. The van der Waals surface area contributed by atoms with E-state index in [2.05, 4.69) is 20.2 Å². The minimum Gasteiger partial charge on any atom is -0.378 e. The van der Waals surface area contributed by atoms with Crippen LogP contribution in [0, 0.1) is 6.92 Å². The van der Waals surface area contributed by atoms with Gasteiger partial charge in [0.1, 0.15) is 5.69 Å². The summed E-state index contributed by atoms with van der Waals surface area (Å²) in [6.45, 7) is 5.72. The molecule has 0 spiro atoms. The van der Waals surface area contributed by atoms with Crippen LogP contribution in [0.3, 0.4) is 0 Å². The molecule has 3 rings (SSSR count). The number of ether oxygens (including phenoxy) is 1. The van der Waals surface area contributed by atoms with E-state index in [-0.39, 0.29) is 5.91 Å². The molecule has 1 saturated heterocycles. The molecule has 0 saturated carbocycles. The fourth-order valence-corrected chi connectivity index (χ4v) is 2.75. The molecule has 6 nitrogen and oxygen atoms in total. The van der Waals surface area contributed by atoms with Gasteiger partial charge in [0.05, 0.1) is 13.2 Å². The molecule has 0 aliphatic carbocycles. The number of hydrogen-bond donors (Lipinski definition) is 1. The second-order valence-corrected chi connectivity index (χ2v) is 5.81. The van der Waals surface area contributed by atoms with Gasteiger partial charge >= 0.3 is 0 Å². The van der Waals surface area contributed by atoms with Gasteiger partial charge in [0.2, 0.25) is 0 Å². The fraction of sp³-hybridized carbons (Fsp3) is 0.389. The number of rotatable bonds is 5. The zero-order chi connectivity index (χ0) is 16.8. The predicted octanol–water partition coefficient (Wildman–Crippen LogP) is 1.59. The summed E-state index contributed by atoms with van der Waals surface area (Å²) in [7, 11) is 0. The topological polar surface area (TPSA) is 67.4 Å². The normalized spacial score (nSPS) is 14.5. The van der Waals surface area contributed by atoms with E-state index in [4.69, 9.17) is 4.74 Å². The molecule has 1 fully saturated rings. The van der Waals surface area contributed by atoms with Gasteiger partial charge in [-0.2, -0.15) is 0 Å². The molecular weight excluding hydrogens is 304 g/mol. The van der Waals surface area contributed by atoms with Gasteiger partial charge in [0, 0.05) is 43.9 Å². The van der Waals surface area contributed by atoms with E-state index in [0.717, 1.165) is 44.0 Å². The molecule has 0 bridgehead atoms. The Morgan fingerprint density at radius 3 is 2.92 bits per heavy atom. The highest BCUT2D eigenvalue weighted by atomic mass is 16.5. The smallest absolute Gasteiger partial charge is 0.269 e. The maximum Gasteiger partial charge on any atom is 0.269 e. The Morgan fingerprint density at radius 2 is 2.12 bits per heavy atom. The van der Waals surface area contributed by atoms with E-state index in [1.807, 2.05) is 31.3 Å². The predicted molar refractivity (Wildman–Crippen MR) is 92.3 cm³/mol. The average molecular weight is 326 g/mol. The molecule has 3 heterocycles. The minimum atomic E-state index is -0.142. The summed E-state index contributed by atoms with van der Waals surface area (Å²) in [6, 6.07) is 5.76. The molecule has 24 heavy (non-hydrogen) atoms. The van der Waals surface area contributed by atoms with E-state index in [1.54, 1.807) is 12.4 Å². The van der Waals surface area contributed by atoms with Crippen molar-refractivity contribution in [3.8, 4) is 0 Å². The van der Waals surface area contributed by atoms with Crippen molar-refractivity contribution in [2.24, 2.45) is 0 Å². The van der Waals surface area contributed by atoms with Crippen molar-refractivity contribution in [2.75, 3.05) is 37.7 Å². The molecule has 1 amide bonds. The first-order valence-electron chi connectivity index (χ1n) is 8.20. The third-order valence-corrected chi connectivity index (χ3v) is 4.17. The van der Waals surface area contributed by atoms with Gasteiger partial charge in [0.25, 0.3) is 5.91 Å². The van der Waals surface area contributed by atoms with E-state index in [0.29, 0.717) is 12.2 Å². The van der Waals surface area contributed by atoms with Crippen molar-refractivity contribution in [1.82, 2.24) is 15.3 Å². The summed E-state index contributed by atoms with van der Waals surface area (Å²) in [5, 5.41) is 2.94. The number of aryl methyl sites for hydroxylation is 1. The van der Waals surface area contributed by atoms with Crippen molar-refractivity contribution in [3.63, 3.8) is 0 Å². The molecule has 1 aliphatic rings. The van der Waals surface area contributed by atoms with Crippen LogP contribution in [0.25, 0.3) is 0 Å². The molecule has 0 unspecified atom stereocenters. The van der Waals surface area contributed by atoms with Gasteiger partial charge in [-0.15, -0.1) is 0 Å². The van der Waals surface area contributed by atoms with Crippen LogP contribution in [0.1, 0.15) is 21.6 Å². The van der Waals surface area contributed by atoms with E-state index < -0.39 is 0 Å². The number of morpholine rings is 1. The van der Waals surface area contributed by atoms with E-state index >= 15 is 0 Å². The summed E-state index contributed by atoms with van der Waals surface area (Å²) >= 11 is 0. The van der Waals surface area contributed by atoms with Crippen LogP contribution in [0.5, 0.6) is 0 Å². The molecule has 1 aliphatic heterocycles. The first kappa shape index (κ1) is 16.4. The minimum absolute atomic E-state index is 0.142.